The molecule has 3 nitrogen and oxygen atoms in total. The van der Waals surface area contributed by atoms with Crippen LogP contribution in [0.5, 0.6) is 5.75 Å². The molecule has 2 rings (SSSR count). The second-order valence-corrected chi connectivity index (χ2v) is 5.76. The third kappa shape index (κ3) is 4.80. The van der Waals surface area contributed by atoms with E-state index in [9.17, 15) is 0 Å². The maximum atomic E-state index is 5.83. The van der Waals surface area contributed by atoms with Crippen LogP contribution in [0.2, 0.25) is 0 Å². The second-order valence-electron chi connectivity index (χ2n) is 5.76. The Bertz CT molecular complexity index is 392. The zero-order chi connectivity index (χ0) is 14.2. The summed E-state index contributed by atoms with van der Waals surface area (Å²) >= 11 is 0. The molecule has 3 heteroatoms. The van der Waals surface area contributed by atoms with Gasteiger partial charge in [0.1, 0.15) is 5.75 Å². The van der Waals surface area contributed by atoms with E-state index in [0.717, 1.165) is 31.9 Å². The van der Waals surface area contributed by atoms with Crippen LogP contribution in [0.3, 0.4) is 0 Å². The summed E-state index contributed by atoms with van der Waals surface area (Å²) in [7, 11) is 2.05. The van der Waals surface area contributed by atoms with Gasteiger partial charge in [0.2, 0.25) is 0 Å². The Morgan fingerprint density at radius 1 is 1.35 bits per heavy atom. The van der Waals surface area contributed by atoms with Crippen molar-refractivity contribution in [1.82, 2.24) is 10.2 Å². The highest BCUT2D eigenvalue weighted by molar-refractivity contribution is 5.27. The normalized spacial score (nSPS) is 20.0. The summed E-state index contributed by atoms with van der Waals surface area (Å²) in [6.07, 6.45) is 5.16. The van der Waals surface area contributed by atoms with Crippen LogP contribution in [-0.2, 0) is 0 Å². The molecule has 0 spiro atoms. The lowest BCUT2D eigenvalue weighted by molar-refractivity contribution is 0.137. The zero-order valence-corrected chi connectivity index (χ0v) is 12.9. The van der Waals surface area contributed by atoms with E-state index in [2.05, 4.69) is 35.3 Å². The van der Waals surface area contributed by atoms with Gasteiger partial charge < -0.3 is 10.1 Å². The van der Waals surface area contributed by atoms with Crippen molar-refractivity contribution < 1.29 is 4.74 Å². The SMILES string of the molecule is CNCC1CCCCN1CCCOc1cccc(C)c1. The fraction of sp³-hybridized carbons (Fsp3) is 0.647. The molecule has 1 N–H and O–H groups in total. The lowest BCUT2D eigenvalue weighted by Gasteiger charge is -2.35. The van der Waals surface area contributed by atoms with Crippen molar-refractivity contribution >= 4 is 0 Å². The lowest BCUT2D eigenvalue weighted by Crippen LogP contribution is -2.45. The van der Waals surface area contributed by atoms with Crippen molar-refractivity contribution in [3.8, 4) is 5.75 Å². The number of rotatable bonds is 7. The molecule has 0 amide bonds. The monoisotopic (exact) mass is 276 g/mol. The van der Waals surface area contributed by atoms with Crippen LogP contribution >= 0.6 is 0 Å². The molecular formula is C17H28N2O. The fourth-order valence-electron chi connectivity index (χ4n) is 2.98. The van der Waals surface area contributed by atoms with Crippen LogP contribution in [-0.4, -0.2) is 44.2 Å². The smallest absolute Gasteiger partial charge is 0.119 e. The minimum Gasteiger partial charge on any atom is -0.494 e. The molecule has 1 saturated heterocycles. The number of hydrogen-bond acceptors (Lipinski definition) is 3. The van der Waals surface area contributed by atoms with Crippen LogP contribution in [0.4, 0.5) is 0 Å². The molecule has 1 aliphatic heterocycles. The van der Waals surface area contributed by atoms with Crippen molar-refractivity contribution in [3.63, 3.8) is 0 Å². The van der Waals surface area contributed by atoms with E-state index in [0.29, 0.717) is 6.04 Å². The molecule has 0 aliphatic carbocycles. The Labute approximate surface area is 123 Å². The van der Waals surface area contributed by atoms with E-state index >= 15 is 0 Å². The van der Waals surface area contributed by atoms with Crippen LogP contribution < -0.4 is 10.1 Å². The molecule has 1 unspecified atom stereocenters. The highest BCUT2D eigenvalue weighted by Gasteiger charge is 2.20. The van der Waals surface area contributed by atoms with E-state index in [-0.39, 0.29) is 0 Å². The Morgan fingerprint density at radius 3 is 3.05 bits per heavy atom. The van der Waals surface area contributed by atoms with Crippen LogP contribution in [0.1, 0.15) is 31.2 Å². The molecule has 112 valence electrons. The van der Waals surface area contributed by atoms with Gasteiger partial charge in [-0.15, -0.1) is 0 Å². The lowest BCUT2D eigenvalue weighted by atomic mass is 10.0. The number of hydrogen-bond donors (Lipinski definition) is 1. The number of benzene rings is 1. The third-order valence-electron chi connectivity index (χ3n) is 4.04. The van der Waals surface area contributed by atoms with Gasteiger partial charge in [-0.05, 0) is 57.5 Å². The van der Waals surface area contributed by atoms with E-state index in [1.807, 2.05) is 13.1 Å². The summed E-state index contributed by atoms with van der Waals surface area (Å²) in [5.41, 5.74) is 1.26. The highest BCUT2D eigenvalue weighted by Crippen LogP contribution is 2.17. The van der Waals surface area contributed by atoms with E-state index in [1.165, 1.54) is 31.4 Å². The first-order valence-corrected chi connectivity index (χ1v) is 7.87. The molecule has 0 bridgehead atoms. The maximum Gasteiger partial charge on any atom is 0.119 e. The minimum absolute atomic E-state index is 0.715. The second kappa shape index (κ2) is 8.28. The predicted molar refractivity (Wildman–Crippen MR) is 84.4 cm³/mol. The van der Waals surface area contributed by atoms with Crippen LogP contribution in [0, 0.1) is 6.92 Å². The Hall–Kier alpha value is -1.06. The van der Waals surface area contributed by atoms with Crippen LogP contribution in [0.15, 0.2) is 24.3 Å². The van der Waals surface area contributed by atoms with Crippen molar-refractivity contribution in [2.45, 2.75) is 38.6 Å². The van der Waals surface area contributed by atoms with Gasteiger partial charge in [-0.25, -0.2) is 0 Å². The Kier molecular flexibility index (Phi) is 6.34. The van der Waals surface area contributed by atoms with Gasteiger partial charge in [-0.2, -0.15) is 0 Å². The Morgan fingerprint density at radius 2 is 2.25 bits per heavy atom. The predicted octanol–water partition coefficient (Wildman–Crippen LogP) is 2.84. The van der Waals surface area contributed by atoms with Crippen LogP contribution in [0.25, 0.3) is 0 Å². The summed E-state index contributed by atoms with van der Waals surface area (Å²) in [5.74, 6) is 0.996. The molecule has 1 aliphatic rings. The molecule has 1 aromatic rings. The summed E-state index contributed by atoms with van der Waals surface area (Å²) in [6.45, 7) is 6.42. The van der Waals surface area contributed by atoms with E-state index in [1.54, 1.807) is 0 Å². The Balaban J connectivity index is 1.69. The summed E-state index contributed by atoms with van der Waals surface area (Å²) in [6, 6.07) is 9.01. The molecule has 1 aromatic carbocycles. The third-order valence-corrected chi connectivity index (χ3v) is 4.04. The van der Waals surface area contributed by atoms with Crippen molar-refractivity contribution in [2.75, 3.05) is 33.3 Å². The number of nitrogens with one attached hydrogen (secondary N) is 1. The molecule has 1 fully saturated rings. The van der Waals surface area contributed by atoms with Gasteiger partial charge in [0.15, 0.2) is 0 Å². The van der Waals surface area contributed by atoms with Gasteiger partial charge in [0.05, 0.1) is 6.61 Å². The van der Waals surface area contributed by atoms with Gasteiger partial charge in [-0.3, -0.25) is 4.90 Å². The van der Waals surface area contributed by atoms with Crippen molar-refractivity contribution in [3.05, 3.63) is 29.8 Å². The average Bonchev–Trinajstić information content (AvgIpc) is 2.46. The number of piperidine rings is 1. The zero-order valence-electron chi connectivity index (χ0n) is 12.9. The largest absolute Gasteiger partial charge is 0.494 e. The van der Waals surface area contributed by atoms with Gasteiger partial charge in [-0.1, -0.05) is 18.6 Å². The quantitative estimate of drug-likeness (QED) is 0.775. The molecule has 0 radical (unpaired) electrons. The highest BCUT2D eigenvalue weighted by atomic mass is 16.5. The van der Waals surface area contributed by atoms with Crippen molar-refractivity contribution in [2.24, 2.45) is 0 Å². The first-order valence-electron chi connectivity index (χ1n) is 7.87. The molecule has 1 atom stereocenters. The number of ether oxygens (including phenoxy) is 1. The maximum absolute atomic E-state index is 5.83. The van der Waals surface area contributed by atoms with Gasteiger partial charge >= 0.3 is 0 Å². The number of likely N-dealkylation sites (N-methyl/N-ethyl adjacent to an activating group) is 1. The molecule has 0 saturated carbocycles. The van der Waals surface area contributed by atoms with Crippen molar-refractivity contribution in [1.29, 1.82) is 0 Å². The summed E-state index contributed by atoms with van der Waals surface area (Å²) < 4.78 is 5.83. The summed E-state index contributed by atoms with van der Waals surface area (Å²) in [5, 5.41) is 3.32. The van der Waals surface area contributed by atoms with E-state index in [4.69, 9.17) is 4.74 Å². The average molecular weight is 276 g/mol. The number of nitrogens with zero attached hydrogens (tertiary/aromatic N) is 1. The topological polar surface area (TPSA) is 24.5 Å². The number of aryl methyl sites for hydroxylation is 1. The fourth-order valence-corrected chi connectivity index (χ4v) is 2.98. The minimum atomic E-state index is 0.715. The van der Waals surface area contributed by atoms with Gasteiger partial charge in [0, 0.05) is 19.1 Å². The first kappa shape index (κ1) is 15.3. The van der Waals surface area contributed by atoms with Gasteiger partial charge in [0.25, 0.3) is 0 Å². The molecule has 20 heavy (non-hydrogen) atoms. The molecular weight excluding hydrogens is 248 g/mol. The molecule has 0 aromatic heterocycles. The standard InChI is InChI=1S/C17H28N2O/c1-15-7-5-9-17(13-15)20-12-6-11-19-10-4-3-8-16(19)14-18-2/h5,7,9,13,16,18H,3-4,6,8,10-12,14H2,1-2H3. The summed E-state index contributed by atoms with van der Waals surface area (Å²) in [4.78, 5) is 2.62. The van der Waals surface area contributed by atoms with E-state index < -0.39 is 0 Å². The first-order chi connectivity index (χ1) is 9.79. The molecule has 1 heterocycles. The number of likely N-dealkylation sites (tertiary alicyclic amines) is 1.